The van der Waals surface area contributed by atoms with Crippen molar-refractivity contribution in [3.63, 3.8) is 0 Å². The first-order chi connectivity index (χ1) is 8.19. The van der Waals surface area contributed by atoms with Crippen molar-refractivity contribution in [2.75, 3.05) is 27.4 Å². The van der Waals surface area contributed by atoms with E-state index in [-0.39, 0.29) is 6.04 Å². The maximum Gasteiger partial charge on any atom is 0.123 e. The number of benzene rings is 1. The van der Waals surface area contributed by atoms with Gasteiger partial charge in [0.1, 0.15) is 5.75 Å². The number of ether oxygens (including phenoxy) is 2. The molecule has 0 aliphatic heterocycles. The van der Waals surface area contributed by atoms with Crippen molar-refractivity contribution >= 4 is 0 Å². The summed E-state index contributed by atoms with van der Waals surface area (Å²) in [4.78, 5) is 0. The Morgan fingerprint density at radius 2 is 2.00 bits per heavy atom. The molecule has 0 saturated carbocycles. The second-order valence-corrected chi connectivity index (χ2v) is 3.98. The van der Waals surface area contributed by atoms with Crippen molar-refractivity contribution in [2.45, 2.75) is 19.1 Å². The van der Waals surface area contributed by atoms with Crippen molar-refractivity contribution in [1.29, 1.82) is 0 Å². The molecule has 2 atom stereocenters. The minimum atomic E-state index is -0.489. The van der Waals surface area contributed by atoms with E-state index in [1.807, 2.05) is 31.2 Å². The zero-order chi connectivity index (χ0) is 12.7. The van der Waals surface area contributed by atoms with Crippen LogP contribution in [0.15, 0.2) is 24.3 Å². The third kappa shape index (κ3) is 4.34. The van der Waals surface area contributed by atoms with Crippen LogP contribution in [0, 0.1) is 0 Å². The van der Waals surface area contributed by atoms with Gasteiger partial charge in [-0.25, -0.2) is 0 Å². The van der Waals surface area contributed by atoms with Gasteiger partial charge in [0.05, 0.1) is 19.8 Å². The van der Waals surface area contributed by atoms with Gasteiger partial charge in [-0.3, -0.25) is 0 Å². The minimum Gasteiger partial charge on any atom is -0.496 e. The lowest BCUT2D eigenvalue weighted by atomic mass is 10.1. The van der Waals surface area contributed by atoms with Gasteiger partial charge in [0.25, 0.3) is 0 Å². The highest BCUT2D eigenvalue weighted by atomic mass is 16.5. The molecule has 0 aliphatic rings. The lowest BCUT2D eigenvalue weighted by Crippen LogP contribution is -2.31. The topological polar surface area (TPSA) is 50.7 Å². The Kier molecular flexibility index (Phi) is 5.97. The second-order valence-electron chi connectivity index (χ2n) is 3.98. The number of hydrogen-bond acceptors (Lipinski definition) is 4. The Bertz CT molecular complexity index is 330. The first-order valence-electron chi connectivity index (χ1n) is 5.72. The van der Waals surface area contributed by atoms with Crippen LogP contribution in [0.3, 0.4) is 0 Å². The molecule has 1 aromatic rings. The monoisotopic (exact) mass is 239 g/mol. The van der Waals surface area contributed by atoms with E-state index in [9.17, 15) is 5.11 Å². The highest BCUT2D eigenvalue weighted by Gasteiger charge is 2.11. The van der Waals surface area contributed by atoms with Gasteiger partial charge in [0.15, 0.2) is 0 Å². The fourth-order valence-electron chi connectivity index (χ4n) is 1.70. The number of para-hydroxylation sites is 1. The molecule has 0 heterocycles. The average molecular weight is 239 g/mol. The molecule has 1 rings (SSSR count). The maximum absolute atomic E-state index is 9.55. The number of aliphatic hydroxyl groups is 1. The largest absolute Gasteiger partial charge is 0.496 e. The van der Waals surface area contributed by atoms with Gasteiger partial charge in [-0.05, 0) is 13.0 Å². The summed E-state index contributed by atoms with van der Waals surface area (Å²) < 4.78 is 10.2. The predicted molar refractivity (Wildman–Crippen MR) is 67.3 cm³/mol. The van der Waals surface area contributed by atoms with Gasteiger partial charge >= 0.3 is 0 Å². The molecule has 0 radical (unpaired) electrons. The summed E-state index contributed by atoms with van der Waals surface area (Å²) in [6.45, 7) is 2.87. The van der Waals surface area contributed by atoms with E-state index in [4.69, 9.17) is 9.47 Å². The van der Waals surface area contributed by atoms with Crippen LogP contribution < -0.4 is 10.1 Å². The van der Waals surface area contributed by atoms with Crippen molar-refractivity contribution < 1.29 is 14.6 Å². The van der Waals surface area contributed by atoms with Crippen molar-refractivity contribution in [1.82, 2.24) is 5.32 Å². The molecule has 4 heteroatoms. The minimum absolute atomic E-state index is 0.123. The summed E-state index contributed by atoms with van der Waals surface area (Å²) in [5.74, 6) is 0.855. The van der Waals surface area contributed by atoms with Gasteiger partial charge in [0, 0.05) is 25.3 Å². The van der Waals surface area contributed by atoms with Crippen LogP contribution in [0.25, 0.3) is 0 Å². The average Bonchev–Trinajstić information content (AvgIpc) is 2.36. The third-order valence-corrected chi connectivity index (χ3v) is 2.62. The summed E-state index contributed by atoms with van der Waals surface area (Å²) in [6.07, 6.45) is -0.489. The zero-order valence-corrected chi connectivity index (χ0v) is 10.6. The van der Waals surface area contributed by atoms with Crippen LogP contribution in [0.5, 0.6) is 5.75 Å². The Labute approximate surface area is 103 Å². The SMILES string of the molecule is COCC(O)CNC(C)c1ccccc1OC. The zero-order valence-electron chi connectivity index (χ0n) is 10.6. The summed E-state index contributed by atoms with van der Waals surface area (Å²) in [5.41, 5.74) is 1.08. The first kappa shape index (κ1) is 14.0. The molecule has 0 saturated heterocycles. The van der Waals surface area contributed by atoms with Gasteiger partial charge < -0.3 is 19.9 Å². The molecule has 4 nitrogen and oxygen atoms in total. The molecule has 1 aromatic carbocycles. The molecule has 0 spiro atoms. The molecule has 0 aliphatic carbocycles. The van der Waals surface area contributed by atoms with E-state index in [0.717, 1.165) is 11.3 Å². The highest BCUT2D eigenvalue weighted by molar-refractivity contribution is 5.35. The summed E-state index contributed by atoms with van der Waals surface area (Å²) >= 11 is 0. The first-order valence-corrected chi connectivity index (χ1v) is 5.72. The predicted octanol–water partition coefficient (Wildman–Crippen LogP) is 1.35. The van der Waals surface area contributed by atoms with Gasteiger partial charge in [-0.15, -0.1) is 0 Å². The van der Waals surface area contributed by atoms with Crippen LogP contribution >= 0.6 is 0 Å². The number of hydrogen-bond donors (Lipinski definition) is 2. The Hall–Kier alpha value is -1.10. The maximum atomic E-state index is 9.55. The lowest BCUT2D eigenvalue weighted by molar-refractivity contribution is 0.0630. The molecule has 0 fully saturated rings. The molecule has 0 bridgehead atoms. The molecular formula is C13H21NO3. The van der Waals surface area contributed by atoms with E-state index in [2.05, 4.69) is 5.32 Å². The smallest absolute Gasteiger partial charge is 0.123 e. The number of methoxy groups -OCH3 is 2. The molecule has 0 amide bonds. The molecule has 2 unspecified atom stereocenters. The second kappa shape index (κ2) is 7.27. The number of nitrogens with one attached hydrogen (secondary N) is 1. The highest BCUT2D eigenvalue weighted by Crippen LogP contribution is 2.23. The summed E-state index contributed by atoms with van der Waals surface area (Å²) in [5, 5.41) is 12.8. The van der Waals surface area contributed by atoms with Crippen LogP contribution in [-0.4, -0.2) is 38.6 Å². The molecule has 17 heavy (non-hydrogen) atoms. The normalized spacial score (nSPS) is 14.4. The van der Waals surface area contributed by atoms with Crippen LogP contribution in [-0.2, 0) is 4.74 Å². The standard InChI is InChI=1S/C13H21NO3/c1-10(14-8-11(15)9-16-2)12-6-4-5-7-13(12)17-3/h4-7,10-11,14-15H,8-9H2,1-3H3. The van der Waals surface area contributed by atoms with Crippen LogP contribution in [0.2, 0.25) is 0 Å². The van der Waals surface area contributed by atoms with Crippen molar-refractivity contribution in [3.05, 3.63) is 29.8 Å². The third-order valence-electron chi connectivity index (χ3n) is 2.62. The fraction of sp³-hybridized carbons (Fsp3) is 0.538. The summed E-state index contributed by atoms with van der Waals surface area (Å²) in [7, 11) is 3.23. The van der Waals surface area contributed by atoms with Crippen LogP contribution in [0.4, 0.5) is 0 Å². The van der Waals surface area contributed by atoms with Gasteiger partial charge in [-0.2, -0.15) is 0 Å². The summed E-state index contributed by atoms with van der Waals surface area (Å²) in [6, 6.07) is 7.98. The van der Waals surface area contributed by atoms with Gasteiger partial charge in [-0.1, -0.05) is 18.2 Å². The fourth-order valence-corrected chi connectivity index (χ4v) is 1.70. The lowest BCUT2D eigenvalue weighted by Gasteiger charge is -2.19. The van der Waals surface area contributed by atoms with Crippen molar-refractivity contribution in [2.24, 2.45) is 0 Å². The van der Waals surface area contributed by atoms with E-state index < -0.39 is 6.10 Å². The van der Waals surface area contributed by atoms with Gasteiger partial charge in [0.2, 0.25) is 0 Å². The van der Waals surface area contributed by atoms with E-state index >= 15 is 0 Å². The number of aliphatic hydroxyl groups excluding tert-OH is 1. The molecule has 0 aromatic heterocycles. The van der Waals surface area contributed by atoms with E-state index in [1.54, 1.807) is 14.2 Å². The number of rotatable bonds is 7. The Morgan fingerprint density at radius 1 is 1.29 bits per heavy atom. The van der Waals surface area contributed by atoms with Crippen LogP contribution in [0.1, 0.15) is 18.5 Å². The molecule has 2 N–H and O–H groups in total. The molecule has 96 valence electrons. The van der Waals surface area contributed by atoms with E-state index in [1.165, 1.54) is 0 Å². The van der Waals surface area contributed by atoms with E-state index in [0.29, 0.717) is 13.2 Å². The van der Waals surface area contributed by atoms with Crippen molar-refractivity contribution in [3.8, 4) is 5.75 Å². The Balaban J connectivity index is 2.54. The Morgan fingerprint density at radius 3 is 2.65 bits per heavy atom. The molecular weight excluding hydrogens is 218 g/mol. The quantitative estimate of drug-likeness (QED) is 0.754.